The van der Waals surface area contributed by atoms with E-state index in [0.717, 1.165) is 38.8 Å². The molecule has 10 nitrogen and oxygen atoms in total. The topological polar surface area (TPSA) is 119 Å². The lowest BCUT2D eigenvalue weighted by Crippen LogP contribution is -2.32. The molecule has 1 N–H and O–H groups in total. The summed E-state index contributed by atoms with van der Waals surface area (Å²) in [5.74, 6) is 0.630. The average molecular weight is 455 g/mol. The number of hydrogen-bond acceptors (Lipinski definition) is 6. The van der Waals surface area contributed by atoms with Crippen molar-refractivity contribution < 1.29 is 4.92 Å². The van der Waals surface area contributed by atoms with E-state index in [2.05, 4.69) is 4.98 Å². The fourth-order valence-corrected chi connectivity index (χ4v) is 4.50. The smallest absolute Gasteiger partial charge is 0.330 e. The molecule has 0 spiro atoms. The Morgan fingerprint density at radius 1 is 1.18 bits per heavy atom. The van der Waals surface area contributed by atoms with Gasteiger partial charge in [-0.3, -0.25) is 24.5 Å². The van der Waals surface area contributed by atoms with Crippen LogP contribution in [0.25, 0.3) is 22.6 Å². The maximum absolute atomic E-state index is 12.8. The molecule has 1 saturated heterocycles. The van der Waals surface area contributed by atoms with E-state index in [1.807, 2.05) is 31.7 Å². The highest BCUT2D eigenvalue weighted by atomic mass is 16.6. The number of fused-ring (bicyclic) bond motifs is 1. The largest absolute Gasteiger partial charge is 0.366 e. The zero-order valence-corrected chi connectivity index (χ0v) is 19.3. The highest BCUT2D eigenvalue weighted by molar-refractivity contribution is 5.79. The third-order valence-electron chi connectivity index (χ3n) is 6.05. The van der Waals surface area contributed by atoms with E-state index in [1.54, 1.807) is 10.6 Å². The molecule has 2 aromatic heterocycles. The summed E-state index contributed by atoms with van der Waals surface area (Å²) < 4.78 is 3.28. The van der Waals surface area contributed by atoms with E-state index in [-0.39, 0.29) is 16.5 Å². The quantitative estimate of drug-likeness (QED) is 0.411. The van der Waals surface area contributed by atoms with Crippen LogP contribution in [0.2, 0.25) is 0 Å². The van der Waals surface area contributed by atoms with E-state index in [9.17, 15) is 19.7 Å². The lowest BCUT2D eigenvalue weighted by atomic mass is 10.1. The van der Waals surface area contributed by atoms with Crippen LogP contribution in [0.15, 0.2) is 27.8 Å². The number of nitro groups is 1. The van der Waals surface area contributed by atoms with E-state index in [1.165, 1.54) is 10.6 Å². The molecule has 0 bridgehead atoms. The molecule has 0 radical (unpaired) electrons. The van der Waals surface area contributed by atoms with Crippen molar-refractivity contribution in [2.45, 2.75) is 59.5 Å². The fourth-order valence-electron chi connectivity index (χ4n) is 4.50. The van der Waals surface area contributed by atoms with Gasteiger partial charge in [0.15, 0.2) is 11.2 Å². The highest BCUT2D eigenvalue weighted by Crippen LogP contribution is 2.35. The van der Waals surface area contributed by atoms with E-state index in [4.69, 9.17) is 4.98 Å². The van der Waals surface area contributed by atoms with Gasteiger partial charge in [-0.05, 0) is 37.3 Å². The number of nitro benzene ring substituents is 1. The molecule has 4 rings (SSSR count). The first kappa shape index (κ1) is 22.8. The van der Waals surface area contributed by atoms with Crippen molar-refractivity contribution >= 4 is 22.5 Å². The van der Waals surface area contributed by atoms with Crippen LogP contribution in [-0.4, -0.2) is 37.1 Å². The van der Waals surface area contributed by atoms with Crippen LogP contribution in [0, 0.1) is 16.0 Å². The summed E-state index contributed by atoms with van der Waals surface area (Å²) in [6.07, 6.45) is 3.73. The number of H-pyrrole nitrogens is 1. The summed E-state index contributed by atoms with van der Waals surface area (Å²) >= 11 is 0. The zero-order valence-electron chi connectivity index (χ0n) is 19.3. The molecular formula is C23H30N6O4. The third-order valence-corrected chi connectivity index (χ3v) is 6.05. The van der Waals surface area contributed by atoms with Gasteiger partial charge in [0.05, 0.1) is 4.92 Å². The maximum Gasteiger partial charge on any atom is 0.330 e. The molecule has 0 atom stereocenters. The second kappa shape index (κ2) is 9.21. The van der Waals surface area contributed by atoms with Gasteiger partial charge in [-0.1, -0.05) is 27.2 Å². The van der Waals surface area contributed by atoms with E-state index >= 15 is 0 Å². The molecule has 3 aromatic rings. The monoisotopic (exact) mass is 454 g/mol. The Hall–Kier alpha value is -3.43. The average Bonchev–Trinajstić information content (AvgIpc) is 3.43. The molecule has 10 heteroatoms. The fraction of sp³-hybridized carbons (Fsp3) is 0.522. The summed E-state index contributed by atoms with van der Waals surface area (Å²) in [6.45, 7) is 8.54. The number of nitrogens with one attached hydrogen (secondary N) is 1. The van der Waals surface area contributed by atoms with Crippen LogP contribution in [0.5, 0.6) is 0 Å². The molecule has 176 valence electrons. The number of imidazole rings is 1. The standard InChI is InChI=1S/C23H30N6O4/c1-4-5-12-27-19-21(28(14-15(2)3)23(31)25-22(19)30)24-20(27)16-8-9-17(18(13-16)29(32)33)26-10-6-7-11-26/h8-9,13,15H,4-7,10-12,14H2,1-3H3,(H,25,30,31). The first-order chi connectivity index (χ1) is 15.8. The van der Waals surface area contributed by atoms with Crippen molar-refractivity contribution in [2.75, 3.05) is 18.0 Å². The van der Waals surface area contributed by atoms with E-state index in [0.29, 0.717) is 41.3 Å². The molecule has 1 fully saturated rings. The first-order valence-electron chi connectivity index (χ1n) is 11.6. The van der Waals surface area contributed by atoms with Gasteiger partial charge in [-0.2, -0.15) is 0 Å². The summed E-state index contributed by atoms with van der Waals surface area (Å²) in [7, 11) is 0. The Morgan fingerprint density at radius 2 is 1.91 bits per heavy atom. The van der Waals surface area contributed by atoms with Crippen LogP contribution < -0.4 is 16.1 Å². The predicted octanol–water partition coefficient (Wildman–Crippen LogP) is 3.52. The Kier molecular flexibility index (Phi) is 6.35. The Balaban J connectivity index is 1.95. The van der Waals surface area contributed by atoms with Gasteiger partial charge >= 0.3 is 5.69 Å². The molecule has 0 aliphatic carbocycles. The number of aromatic amines is 1. The minimum absolute atomic E-state index is 0.0250. The van der Waals surface area contributed by atoms with Gasteiger partial charge in [0.1, 0.15) is 11.5 Å². The van der Waals surface area contributed by atoms with Crippen molar-refractivity contribution in [1.82, 2.24) is 19.1 Å². The van der Waals surface area contributed by atoms with Crippen LogP contribution in [0.1, 0.15) is 46.5 Å². The first-order valence-corrected chi connectivity index (χ1v) is 11.6. The molecule has 0 amide bonds. The molecule has 3 heterocycles. The molecular weight excluding hydrogens is 424 g/mol. The predicted molar refractivity (Wildman–Crippen MR) is 128 cm³/mol. The van der Waals surface area contributed by atoms with E-state index < -0.39 is 11.2 Å². The van der Waals surface area contributed by atoms with Crippen LogP contribution >= 0.6 is 0 Å². The number of anilines is 1. The SMILES string of the molecule is CCCCn1c(-c2ccc(N3CCCC3)c([N+](=O)[O-])c2)nc2c1c(=O)[nH]c(=O)n2CC(C)C. The zero-order chi connectivity index (χ0) is 23.7. The minimum atomic E-state index is -0.497. The van der Waals surface area contributed by atoms with Gasteiger partial charge in [-0.15, -0.1) is 0 Å². The van der Waals surface area contributed by atoms with Crippen LogP contribution in [-0.2, 0) is 13.1 Å². The number of benzene rings is 1. The van der Waals surface area contributed by atoms with Gasteiger partial charge in [0.25, 0.3) is 11.2 Å². The Morgan fingerprint density at radius 3 is 2.55 bits per heavy atom. The molecule has 1 aliphatic heterocycles. The highest BCUT2D eigenvalue weighted by Gasteiger charge is 2.25. The normalized spacial score (nSPS) is 14.0. The molecule has 0 saturated carbocycles. The van der Waals surface area contributed by atoms with Gasteiger partial charge in [0, 0.05) is 37.8 Å². The molecule has 1 aromatic carbocycles. The second-order valence-corrected chi connectivity index (χ2v) is 9.03. The van der Waals surface area contributed by atoms with Crippen molar-refractivity contribution in [3.8, 4) is 11.4 Å². The van der Waals surface area contributed by atoms with Crippen molar-refractivity contribution in [3.63, 3.8) is 0 Å². The Bertz CT molecular complexity index is 1300. The number of hydrogen-bond donors (Lipinski definition) is 1. The molecule has 1 aliphatic rings. The van der Waals surface area contributed by atoms with Crippen LogP contribution in [0.3, 0.4) is 0 Å². The van der Waals surface area contributed by atoms with Gasteiger partial charge < -0.3 is 9.47 Å². The van der Waals surface area contributed by atoms with Crippen molar-refractivity contribution in [1.29, 1.82) is 0 Å². The summed E-state index contributed by atoms with van der Waals surface area (Å²) in [6, 6.07) is 5.13. The Labute approximate surface area is 191 Å². The summed E-state index contributed by atoms with van der Waals surface area (Å²) in [5.41, 5.74) is 0.833. The van der Waals surface area contributed by atoms with Crippen molar-refractivity contribution in [2.24, 2.45) is 5.92 Å². The number of unbranched alkanes of at least 4 members (excludes halogenated alkanes) is 1. The lowest BCUT2D eigenvalue weighted by Gasteiger charge is -2.18. The number of aromatic nitrogens is 4. The number of rotatable bonds is 8. The minimum Gasteiger partial charge on any atom is -0.366 e. The molecule has 0 unspecified atom stereocenters. The van der Waals surface area contributed by atoms with Crippen LogP contribution in [0.4, 0.5) is 11.4 Å². The van der Waals surface area contributed by atoms with Gasteiger partial charge in [-0.25, -0.2) is 9.78 Å². The summed E-state index contributed by atoms with van der Waals surface area (Å²) in [4.78, 5) is 46.1. The third kappa shape index (κ3) is 4.29. The second-order valence-electron chi connectivity index (χ2n) is 9.03. The molecule has 33 heavy (non-hydrogen) atoms. The summed E-state index contributed by atoms with van der Waals surface area (Å²) in [5, 5.41) is 11.9. The number of nitrogens with zero attached hydrogens (tertiary/aromatic N) is 5. The van der Waals surface area contributed by atoms with Crippen molar-refractivity contribution in [3.05, 3.63) is 49.2 Å². The van der Waals surface area contributed by atoms with Gasteiger partial charge in [0.2, 0.25) is 0 Å². The lowest BCUT2D eigenvalue weighted by molar-refractivity contribution is -0.384. The number of aryl methyl sites for hydroxylation is 1. The maximum atomic E-state index is 12.8.